The van der Waals surface area contributed by atoms with Crippen LogP contribution >= 0.6 is 0 Å². The maximum atomic E-state index is 5.25. The van der Waals surface area contributed by atoms with Gasteiger partial charge in [0.15, 0.2) is 0 Å². The Balaban J connectivity index is 0.000000433. The van der Waals surface area contributed by atoms with Crippen LogP contribution in [0.15, 0.2) is 115 Å². The van der Waals surface area contributed by atoms with E-state index in [0.29, 0.717) is 21.7 Å². The number of aromatic nitrogens is 1. The van der Waals surface area contributed by atoms with E-state index in [0.717, 1.165) is 6.42 Å². The normalized spacial score (nSPS) is 13.1. The molecule has 8 aromatic rings. The van der Waals surface area contributed by atoms with Gasteiger partial charge in [-0.25, -0.2) is 0 Å². The SMILES string of the molecule is CC(C)(C)C.CC(C)(C)C.CC(C)(C)C.CC(C)(C)C.CC(C)(C)c1cc(C(C)(C)C)c(C(C)(C)C)nc1C(C)(C)C.CC(C)(C)c1ccc2c3ccc(C(C)(C)C)c4c(C(C)(C)C)ccc(c5ccc(C(C)(C)C)c1c25)c43.c1ccc(Cc2ccccc2)cc1. The lowest BCUT2D eigenvalue weighted by Gasteiger charge is -2.36. The number of pyridine rings is 1. The van der Waals surface area contributed by atoms with Gasteiger partial charge in [-0.05, 0) is 148 Å². The molecular formula is C90H141N. The summed E-state index contributed by atoms with van der Waals surface area (Å²) in [5.41, 5.74) is 16.4. The summed E-state index contributed by atoms with van der Waals surface area (Å²) < 4.78 is 0. The molecule has 0 radical (unpaired) electrons. The van der Waals surface area contributed by atoms with Gasteiger partial charge < -0.3 is 0 Å². The summed E-state index contributed by atoms with van der Waals surface area (Å²) in [5, 5.41) is 11.4. The van der Waals surface area contributed by atoms with Crippen LogP contribution in [-0.4, -0.2) is 4.98 Å². The molecular weight excluding hydrogens is 1090 g/mol. The second-order valence-corrected chi connectivity index (χ2v) is 41.1. The van der Waals surface area contributed by atoms with Gasteiger partial charge in [-0.1, -0.05) is 392 Å². The molecule has 1 aromatic heterocycles. The molecule has 0 unspecified atom stereocenters. The number of nitrogens with zero attached hydrogens (tertiary/aromatic N) is 1. The van der Waals surface area contributed by atoms with Crippen molar-refractivity contribution in [2.24, 2.45) is 21.7 Å². The molecule has 1 nitrogen and oxygen atoms in total. The fourth-order valence-corrected chi connectivity index (χ4v) is 10.6. The Hall–Kier alpha value is -5.01. The molecule has 0 aliphatic carbocycles. The molecule has 7 aromatic carbocycles. The van der Waals surface area contributed by atoms with Gasteiger partial charge in [-0.2, -0.15) is 0 Å². The number of fused-ring (bicyclic) bond motifs is 2. The average Bonchev–Trinajstić information content (AvgIpc) is 0.705. The number of hydrogen-bond acceptors (Lipinski definition) is 1. The molecule has 91 heavy (non-hydrogen) atoms. The van der Waals surface area contributed by atoms with Crippen molar-refractivity contribution in [2.45, 2.75) is 327 Å². The van der Waals surface area contributed by atoms with E-state index >= 15 is 0 Å². The smallest absolute Gasteiger partial charge is 0.0498 e. The summed E-state index contributed by atoms with van der Waals surface area (Å²) in [7, 11) is 0. The second kappa shape index (κ2) is 29.7. The zero-order valence-corrected chi connectivity index (χ0v) is 67.1. The number of rotatable bonds is 2. The van der Waals surface area contributed by atoms with Crippen molar-refractivity contribution in [3.8, 4) is 0 Å². The summed E-state index contributed by atoms with van der Waals surface area (Å²) in [5.74, 6) is 0. The summed E-state index contributed by atoms with van der Waals surface area (Å²) in [4.78, 5) is 5.25. The topological polar surface area (TPSA) is 12.9 Å². The van der Waals surface area contributed by atoms with Crippen LogP contribution < -0.4 is 0 Å². The van der Waals surface area contributed by atoms with E-state index in [1.54, 1.807) is 0 Å². The van der Waals surface area contributed by atoms with E-state index in [1.807, 2.05) is 0 Å². The van der Waals surface area contributed by atoms with Crippen molar-refractivity contribution in [2.75, 3.05) is 0 Å². The first-order valence-electron chi connectivity index (χ1n) is 34.7. The molecule has 0 saturated carbocycles. The highest BCUT2D eigenvalue weighted by Gasteiger charge is 2.35. The van der Waals surface area contributed by atoms with E-state index in [1.165, 1.54) is 99.0 Å². The first-order valence-corrected chi connectivity index (χ1v) is 34.7. The van der Waals surface area contributed by atoms with E-state index in [4.69, 9.17) is 4.98 Å². The quantitative estimate of drug-likeness (QED) is 0.124. The van der Waals surface area contributed by atoms with Crippen molar-refractivity contribution < 1.29 is 0 Å². The van der Waals surface area contributed by atoms with Crippen molar-refractivity contribution in [3.05, 3.63) is 171 Å². The molecule has 1 heteroatoms. The Labute approximate surface area is 564 Å². The van der Waals surface area contributed by atoms with Gasteiger partial charge in [-0.3, -0.25) is 4.98 Å². The zero-order chi connectivity index (χ0) is 71.2. The lowest BCUT2D eigenvalue weighted by atomic mass is 9.72. The van der Waals surface area contributed by atoms with Gasteiger partial charge in [-0.15, -0.1) is 0 Å². The number of hydrogen-bond donors (Lipinski definition) is 0. The van der Waals surface area contributed by atoms with Gasteiger partial charge >= 0.3 is 0 Å². The van der Waals surface area contributed by atoms with Crippen molar-refractivity contribution >= 4 is 43.1 Å². The van der Waals surface area contributed by atoms with E-state index in [2.05, 4.69) is 392 Å². The van der Waals surface area contributed by atoms with Gasteiger partial charge in [0.05, 0.1) is 0 Å². The lowest BCUT2D eigenvalue weighted by molar-refractivity contribution is 0.469. The van der Waals surface area contributed by atoms with Crippen LogP contribution in [0, 0.1) is 21.7 Å². The standard InChI is InChI=1S/C36H44.C21H37N.C13H12.4C5H12/c1-33(2,3)25-17-13-21-23-15-19-27(35(7,8)9)32-28(36(10,11)12)20-16-24(30(23)32)22-14-18-26(34(4,5)6)31(25)29(21)22;1-18(2,3)14-13-15(19(4,5)6)17(21(10,11)12)22-16(14)20(7,8)9;1-3-7-12(8-4-1)11-13-9-5-2-6-10-13;4*1-5(2,3)4/h13-20H,1-12H3;13H,1-12H3;1-10H,11H2;4*1-4H3. The highest BCUT2D eigenvalue weighted by atomic mass is 14.8. The highest BCUT2D eigenvalue weighted by Crippen LogP contribution is 2.50. The predicted molar refractivity (Wildman–Crippen MR) is 418 cm³/mol. The molecule has 0 aliphatic rings. The highest BCUT2D eigenvalue weighted by molar-refractivity contribution is 6.34. The molecule has 0 atom stereocenters. The van der Waals surface area contributed by atoms with Crippen LogP contribution in [0.4, 0.5) is 0 Å². The van der Waals surface area contributed by atoms with Crippen LogP contribution in [0.3, 0.4) is 0 Å². The molecule has 0 bridgehead atoms. The molecule has 0 spiro atoms. The van der Waals surface area contributed by atoms with Crippen LogP contribution in [0.25, 0.3) is 43.1 Å². The van der Waals surface area contributed by atoms with Gasteiger partial charge in [0.25, 0.3) is 0 Å². The van der Waals surface area contributed by atoms with Crippen molar-refractivity contribution in [3.63, 3.8) is 0 Å². The third kappa shape index (κ3) is 27.1. The molecule has 0 saturated heterocycles. The van der Waals surface area contributed by atoms with E-state index < -0.39 is 0 Å². The Morgan fingerprint density at radius 1 is 0.209 bits per heavy atom. The zero-order valence-electron chi connectivity index (χ0n) is 67.1. The van der Waals surface area contributed by atoms with Crippen molar-refractivity contribution in [1.29, 1.82) is 0 Å². The fraction of sp³-hybridized carbons (Fsp3) is 0.589. The third-order valence-corrected chi connectivity index (χ3v) is 14.3. The van der Waals surface area contributed by atoms with Gasteiger partial charge in [0.2, 0.25) is 0 Å². The molecule has 8 rings (SSSR count). The second-order valence-electron chi connectivity index (χ2n) is 41.1. The molecule has 0 aliphatic heterocycles. The predicted octanol–water partition coefficient (Wildman–Crippen LogP) is 28.7. The maximum Gasteiger partial charge on any atom is 0.0498 e. The molecule has 0 amide bonds. The molecule has 0 N–H and O–H groups in total. The van der Waals surface area contributed by atoms with E-state index in [9.17, 15) is 0 Å². The van der Waals surface area contributed by atoms with Crippen LogP contribution in [0.1, 0.15) is 333 Å². The summed E-state index contributed by atoms with van der Waals surface area (Å²) in [6, 6.07) is 42.8. The monoisotopic (exact) mass is 1240 g/mol. The number of benzene rings is 7. The lowest BCUT2D eigenvalue weighted by Crippen LogP contribution is -2.30. The summed E-state index contributed by atoms with van der Waals surface area (Å²) in [6.45, 7) is 90.6. The molecule has 506 valence electrons. The molecule has 0 fully saturated rings. The minimum Gasteiger partial charge on any atom is -0.256 e. The first kappa shape index (κ1) is 82.1. The molecule has 1 heterocycles. The van der Waals surface area contributed by atoms with Crippen LogP contribution in [0.5, 0.6) is 0 Å². The first-order chi connectivity index (χ1) is 40.3. The van der Waals surface area contributed by atoms with Gasteiger partial charge in [0, 0.05) is 22.2 Å². The Morgan fingerprint density at radius 3 is 0.560 bits per heavy atom. The Morgan fingerprint density at radius 2 is 0.396 bits per heavy atom. The largest absolute Gasteiger partial charge is 0.256 e. The van der Waals surface area contributed by atoms with E-state index in [-0.39, 0.29) is 43.3 Å². The maximum absolute atomic E-state index is 5.25. The Bertz CT molecular complexity index is 3080. The summed E-state index contributed by atoms with van der Waals surface area (Å²) >= 11 is 0. The third-order valence-electron chi connectivity index (χ3n) is 14.3. The van der Waals surface area contributed by atoms with Crippen LogP contribution in [-0.2, 0) is 49.7 Å². The van der Waals surface area contributed by atoms with Crippen LogP contribution in [0.2, 0.25) is 0 Å². The summed E-state index contributed by atoms with van der Waals surface area (Å²) in [6.07, 6.45) is 1.03. The fourth-order valence-electron chi connectivity index (χ4n) is 10.6. The minimum absolute atomic E-state index is 0.0546. The minimum atomic E-state index is 0.0546. The van der Waals surface area contributed by atoms with Crippen molar-refractivity contribution in [1.82, 2.24) is 4.98 Å². The Kier molecular flexibility index (Phi) is 26.8. The van der Waals surface area contributed by atoms with Gasteiger partial charge in [0.1, 0.15) is 0 Å². The average molecular weight is 1240 g/mol.